The molecule has 1 N–H and O–H groups in total. The zero-order valence-electron chi connectivity index (χ0n) is 10.1. The van der Waals surface area contributed by atoms with E-state index in [9.17, 15) is 5.11 Å². The molecule has 0 radical (unpaired) electrons. The van der Waals surface area contributed by atoms with Crippen LogP contribution in [0.5, 0.6) is 0 Å². The van der Waals surface area contributed by atoms with Crippen LogP contribution >= 0.6 is 15.9 Å². The number of halogens is 1. The van der Waals surface area contributed by atoms with Crippen LogP contribution in [0.15, 0.2) is 4.47 Å². The van der Waals surface area contributed by atoms with Gasteiger partial charge in [-0.15, -0.1) is 0 Å². The molecule has 0 aromatic carbocycles. The first-order chi connectivity index (χ1) is 7.41. The Morgan fingerprint density at radius 2 is 2.31 bits per heavy atom. The third kappa shape index (κ3) is 2.18. The lowest BCUT2D eigenvalue weighted by molar-refractivity contribution is 0.0426. The molecule has 1 heterocycles. The van der Waals surface area contributed by atoms with Crippen molar-refractivity contribution in [2.45, 2.75) is 45.1 Å². The predicted molar refractivity (Wildman–Crippen MR) is 67.3 cm³/mol. The van der Waals surface area contributed by atoms with Crippen molar-refractivity contribution in [3.63, 3.8) is 0 Å². The van der Waals surface area contributed by atoms with Crippen LogP contribution in [0.4, 0.5) is 0 Å². The van der Waals surface area contributed by atoms with Crippen molar-refractivity contribution in [3.05, 3.63) is 15.9 Å². The summed E-state index contributed by atoms with van der Waals surface area (Å²) < 4.78 is 2.92. The number of aliphatic hydroxyl groups is 1. The van der Waals surface area contributed by atoms with Crippen LogP contribution < -0.4 is 0 Å². The molecule has 2 unspecified atom stereocenters. The first-order valence-corrected chi connectivity index (χ1v) is 6.61. The van der Waals surface area contributed by atoms with E-state index < -0.39 is 5.60 Å². The summed E-state index contributed by atoms with van der Waals surface area (Å²) in [6, 6.07) is 0. The maximum absolute atomic E-state index is 10.5. The van der Waals surface area contributed by atoms with Gasteiger partial charge in [-0.05, 0) is 48.0 Å². The van der Waals surface area contributed by atoms with Gasteiger partial charge in [-0.2, -0.15) is 5.10 Å². The number of nitrogens with zero attached hydrogens (tertiary/aromatic N) is 2. The Balaban J connectivity index is 2.21. The summed E-state index contributed by atoms with van der Waals surface area (Å²) in [5, 5.41) is 14.9. The van der Waals surface area contributed by atoms with E-state index in [1.165, 1.54) is 0 Å². The Morgan fingerprint density at radius 1 is 1.62 bits per heavy atom. The van der Waals surface area contributed by atoms with Gasteiger partial charge in [-0.1, -0.05) is 6.92 Å². The van der Waals surface area contributed by atoms with Gasteiger partial charge in [0, 0.05) is 13.5 Å². The molecular formula is C12H19BrN2O. The van der Waals surface area contributed by atoms with Gasteiger partial charge in [0.25, 0.3) is 0 Å². The zero-order valence-corrected chi connectivity index (χ0v) is 11.7. The minimum atomic E-state index is -0.526. The molecule has 2 atom stereocenters. The van der Waals surface area contributed by atoms with Crippen LogP contribution in [0.2, 0.25) is 0 Å². The SMILES string of the molecule is Cc1nn(C)c(CC2(O)CCC(C)C2)c1Br. The molecule has 0 saturated heterocycles. The van der Waals surface area contributed by atoms with Crippen molar-refractivity contribution >= 4 is 15.9 Å². The fourth-order valence-electron chi connectivity index (χ4n) is 2.71. The largest absolute Gasteiger partial charge is 0.389 e. The second-order valence-corrected chi connectivity index (χ2v) is 6.01. The van der Waals surface area contributed by atoms with Gasteiger partial charge in [-0.25, -0.2) is 0 Å². The summed E-state index contributed by atoms with van der Waals surface area (Å²) in [5.41, 5.74) is 1.57. The van der Waals surface area contributed by atoms with E-state index in [1.54, 1.807) is 0 Å². The first kappa shape index (κ1) is 12.1. The van der Waals surface area contributed by atoms with E-state index in [4.69, 9.17) is 0 Å². The zero-order chi connectivity index (χ0) is 11.9. The third-order valence-corrected chi connectivity index (χ3v) is 4.62. The van der Waals surface area contributed by atoms with Gasteiger partial charge >= 0.3 is 0 Å². The molecule has 90 valence electrons. The van der Waals surface area contributed by atoms with Gasteiger partial charge in [-0.3, -0.25) is 4.68 Å². The van der Waals surface area contributed by atoms with Crippen LogP contribution in [0, 0.1) is 12.8 Å². The summed E-state index contributed by atoms with van der Waals surface area (Å²) in [6.45, 7) is 4.19. The average molecular weight is 287 g/mol. The highest BCUT2D eigenvalue weighted by atomic mass is 79.9. The van der Waals surface area contributed by atoms with Gasteiger partial charge in [0.1, 0.15) is 0 Å². The second-order valence-electron chi connectivity index (χ2n) is 5.22. The van der Waals surface area contributed by atoms with Gasteiger partial charge in [0.05, 0.1) is 21.5 Å². The van der Waals surface area contributed by atoms with E-state index in [2.05, 4.69) is 28.0 Å². The van der Waals surface area contributed by atoms with E-state index in [0.717, 1.165) is 35.1 Å². The molecule has 1 aliphatic carbocycles. The van der Waals surface area contributed by atoms with Crippen molar-refractivity contribution in [1.82, 2.24) is 9.78 Å². The van der Waals surface area contributed by atoms with Crippen molar-refractivity contribution in [1.29, 1.82) is 0 Å². The molecule has 1 aromatic rings. The summed E-state index contributed by atoms with van der Waals surface area (Å²) in [4.78, 5) is 0. The Labute approximate surface area is 105 Å². The quantitative estimate of drug-likeness (QED) is 0.908. The number of aromatic nitrogens is 2. The summed E-state index contributed by atoms with van der Waals surface area (Å²) in [7, 11) is 1.94. The van der Waals surface area contributed by atoms with E-state index in [-0.39, 0.29) is 0 Å². The van der Waals surface area contributed by atoms with Crippen LogP contribution in [0.3, 0.4) is 0 Å². The van der Waals surface area contributed by atoms with Crippen LogP contribution in [0.1, 0.15) is 37.6 Å². The number of rotatable bonds is 2. The highest BCUT2D eigenvalue weighted by Gasteiger charge is 2.36. The Bertz CT molecular complexity index is 402. The highest BCUT2D eigenvalue weighted by molar-refractivity contribution is 9.10. The maximum Gasteiger partial charge on any atom is 0.0738 e. The molecule has 1 aromatic heterocycles. The molecule has 0 aliphatic heterocycles. The lowest BCUT2D eigenvalue weighted by Gasteiger charge is -2.22. The van der Waals surface area contributed by atoms with Gasteiger partial charge in [0.15, 0.2) is 0 Å². The van der Waals surface area contributed by atoms with Crippen molar-refractivity contribution in [2.24, 2.45) is 13.0 Å². The fourth-order valence-corrected chi connectivity index (χ4v) is 3.19. The monoisotopic (exact) mass is 286 g/mol. The minimum Gasteiger partial charge on any atom is -0.389 e. The molecule has 0 amide bonds. The normalized spacial score (nSPS) is 29.9. The van der Waals surface area contributed by atoms with E-state index >= 15 is 0 Å². The molecule has 0 spiro atoms. The summed E-state index contributed by atoms with van der Waals surface area (Å²) >= 11 is 3.55. The molecule has 1 saturated carbocycles. The first-order valence-electron chi connectivity index (χ1n) is 5.82. The molecular weight excluding hydrogens is 268 g/mol. The van der Waals surface area contributed by atoms with Gasteiger partial charge < -0.3 is 5.11 Å². The van der Waals surface area contributed by atoms with Crippen molar-refractivity contribution < 1.29 is 5.11 Å². The van der Waals surface area contributed by atoms with Crippen LogP contribution in [-0.2, 0) is 13.5 Å². The predicted octanol–water partition coefficient (Wildman–Crippen LogP) is 2.58. The molecule has 1 fully saturated rings. The molecule has 4 heteroatoms. The topological polar surface area (TPSA) is 38.0 Å². The van der Waals surface area contributed by atoms with Crippen LogP contribution in [-0.4, -0.2) is 20.5 Å². The minimum absolute atomic E-state index is 0.526. The maximum atomic E-state index is 10.5. The third-order valence-electron chi connectivity index (χ3n) is 3.59. The fraction of sp³-hybridized carbons (Fsp3) is 0.750. The number of aryl methyl sites for hydroxylation is 2. The van der Waals surface area contributed by atoms with E-state index in [1.807, 2.05) is 18.7 Å². The smallest absolute Gasteiger partial charge is 0.0738 e. The standard InChI is InChI=1S/C12H19BrN2O/c1-8-4-5-12(16,6-8)7-10-11(13)9(2)14-15(10)3/h8,16H,4-7H2,1-3H3. The number of hydrogen-bond donors (Lipinski definition) is 1. The average Bonchev–Trinajstić information content (AvgIpc) is 2.63. The Hall–Kier alpha value is -0.350. The number of hydrogen-bond acceptors (Lipinski definition) is 2. The molecule has 0 bridgehead atoms. The lowest BCUT2D eigenvalue weighted by atomic mass is 9.94. The lowest BCUT2D eigenvalue weighted by Crippen LogP contribution is -2.29. The molecule has 1 aliphatic rings. The second kappa shape index (κ2) is 4.15. The summed E-state index contributed by atoms with van der Waals surface area (Å²) in [5.74, 6) is 0.637. The van der Waals surface area contributed by atoms with Crippen molar-refractivity contribution in [3.8, 4) is 0 Å². The molecule has 3 nitrogen and oxygen atoms in total. The van der Waals surface area contributed by atoms with E-state index in [0.29, 0.717) is 12.3 Å². The van der Waals surface area contributed by atoms with Crippen molar-refractivity contribution in [2.75, 3.05) is 0 Å². The Morgan fingerprint density at radius 3 is 2.75 bits per heavy atom. The highest BCUT2D eigenvalue weighted by Crippen LogP contribution is 2.38. The molecule has 16 heavy (non-hydrogen) atoms. The molecule has 2 rings (SSSR count). The summed E-state index contributed by atoms with van der Waals surface area (Å²) in [6.07, 6.45) is 3.65. The van der Waals surface area contributed by atoms with Gasteiger partial charge in [0.2, 0.25) is 0 Å². The Kier molecular flexibility index (Phi) is 3.14. The van der Waals surface area contributed by atoms with Crippen LogP contribution in [0.25, 0.3) is 0 Å².